The second-order valence-corrected chi connectivity index (χ2v) is 5.24. The summed E-state index contributed by atoms with van der Waals surface area (Å²) >= 11 is 0. The van der Waals surface area contributed by atoms with Gasteiger partial charge in [0.2, 0.25) is 5.95 Å². The van der Waals surface area contributed by atoms with E-state index in [1.165, 1.54) is 0 Å². The first-order valence-electron chi connectivity index (χ1n) is 7.44. The molecule has 1 saturated heterocycles. The smallest absolute Gasteiger partial charge is 0.316 e. The molecule has 0 unspecified atom stereocenters. The van der Waals surface area contributed by atoms with E-state index < -0.39 is 0 Å². The molecule has 1 aliphatic heterocycles. The predicted molar refractivity (Wildman–Crippen MR) is 82.7 cm³/mol. The molecule has 0 atom stereocenters. The number of methoxy groups -OCH3 is 1. The Bertz CT molecular complexity index is 576. The molecular formula is C15H20N6O. The summed E-state index contributed by atoms with van der Waals surface area (Å²) in [7, 11) is 1.57. The van der Waals surface area contributed by atoms with Crippen molar-refractivity contribution in [3.63, 3.8) is 0 Å². The Morgan fingerprint density at radius 2 is 1.77 bits per heavy atom. The van der Waals surface area contributed by atoms with E-state index in [2.05, 4.69) is 29.7 Å². The Morgan fingerprint density at radius 3 is 2.50 bits per heavy atom. The van der Waals surface area contributed by atoms with Gasteiger partial charge in [0.05, 0.1) is 7.11 Å². The van der Waals surface area contributed by atoms with Crippen LogP contribution in [0.5, 0.6) is 6.01 Å². The van der Waals surface area contributed by atoms with E-state index in [4.69, 9.17) is 4.74 Å². The number of nitrogens with zero attached hydrogens (tertiary/aromatic N) is 6. The molecular weight excluding hydrogens is 280 g/mol. The molecule has 2 aromatic heterocycles. The van der Waals surface area contributed by atoms with Crippen molar-refractivity contribution in [3.8, 4) is 6.01 Å². The molecule has 0 N–H and O–H groups in total. The number of hydrogen-bond acceptors (Lipinski definition) is 7. The summed E-state index contributed by atoms with van der Waals surface area (Å²) in [4.78, 5) is 21.6. The van der Waals surface area contributed by atoms with Crippen molar-refractivity contribution in [1.82, 2.24) is 24.8 Å². The van der Waals surface area contributed by atoms with Gasteiger partial charge in [0.25, 0.3) is 0 Å². The average Bonchev–Trinajstić information content (AvgIpc) is 2.82. The van der Waals surface area contributed by atoms with Gasteiger partial charge in [-0.15, -0.1) is 0 Å². The quantitative estimate of drug-likeness (QED) is 0.834. The van der Waals surface area contributed by atoms with E-state index in [1.54, 1.807) is 19.5 Å². The van der Waals surface area contributed by atoms with Gasteiger partial charge in [0.1, 0.15) is 0 Å². The molecule has 3 rings (SSSR count). The van der Waals surface area contributed by atoms with Crippen molar-refractivity contribution in [2.75, 3.05) is 38.2 Å². The normalized spacial score (nSPS) is 16.3. The molecule has 1 fully saturated rings. The third-order valence-electron chi connectivity index (χ3n) is 3.69. The topological polar surface area (TPSA) is 67.3 Å². The fourth-order valence-corrected chi connectivity index (χ4v) is 2.57. The third-order valence-corrected chi connectivity index (χ3v) is 3.69. The summed E-state index contributed by atoms with van der Waals surface area (Å²) in [6.07, 6.45) is 8.33. The molecule has 7 nitrogen and oxygen atoms in total. The summed E-state index contributed by atoms with van der Waals surface area (Å²) in [5, 5.41) is 0. The first-order valence-corrected chi connectivity index (χ1v) is 7.44. The highest BCUT2D eigenvalue weighted by Gasteiger charge is 2.17. The average molecular weight is 300 g/mol. The van der Waals surface area contributed by atoms with Gasteiger partial charge in [-0.3, -0.25) is 4.90 Å². The van der Waals surface area contributed by atoms with Gasteiger partial charge in [-0.1, -0.05) is 0 Å². The van der Waals surface area contributed by atoms with Gasteiger partial charge in [-0.05, 0) is 12.5 Å². The lowest BCUT2D eigenvalue weighted by Crippen LogP contribution is -2.31. The van der Waals surface area contributed by atoms with Gasteiger partial charge in [-0.25, -0.2) is 19.9 Å². The zero-order valence-electron chi connectivity index (χ0n) is 12.7. The van der Waals surface area contributed by atoms with Crippen LogP contribution in [0.2, 0.25) is 0 Å². The summed E-state index contributed by atoms with van der Waals surface area (Å²) in [6, 6.07) is 2.25. The lowest BCUT2D eigenvalue weighted by molar-refractivity contribution is 0.284. The van der Waals surface area contributed by atoms with Crippen LogP contribution in [0.1, 0.15) is 12.0 Å². The second-order valence-electron chi connectivity index (χ2n) is 5.24. The van der Waals surface area contributed by atoms with E-state index in [9.17, 15) is 0 Å². The molecule has 2 aromatic rings. The van der Waals surface area contributed by atoms with Gasteiger partial charge in [0, 0.05) is 63.1 Å². The minimum atomic E-state index is 0.409. The highest BCUT2D eigenvalue weighted by atomic mass is 16.5. The van der Waals surface area contributed by atoms with Crippen LogP contribution in [-0.4, -0.2) is 58.1 Å². The standard InChI is InChI=1S/C15H20N6O/c1-22-15-18-10-13(11-19-15)12-20-6-3-7-21(9-8-20)14-16-4-2-5-17-14/h2,4-5,10-11H,3,6-9,12H2,1H3. The largest absolute Gasteiger partial charge is 0.467 e. The molecule has 0 aromatic carbocycles. The fourth-order valence-electron chi connectivity index (χ4n) is 2.57. The molecule has 0 saturated carbocycles. The highest BCUT2D eigenvalue weighted by Crippen LogP contribution is 2.12. The number of rotatable bonds is 4. The van der Waals surface area contributed by atoms with Crippen molar-refractivity contribution < 1.29 is 4.74 Å². The van der Waals surface area contributed by atoms with Crippen LogP contribution < -0.4 is 9.64 Å². The van der Waals surface area contributed by atoms with Gasteiger partial charge >= 0.3 is 6.01 Å². The Labute approximate surface area is 130 Å². The SMILES string of the molecule is COc1ncc(CN2CCCN(c3ncccn3)CC2)cn1. The van der Waals surface area contributed by atoms with E-state index in [0.717, 1.165) is 50.7 Å². The highest BCUT2D eigenvalue weighted by molar-refractivity contribution is 5.28. The van der Waals surface area contributed by atoms with Gasteiger partial charge in [-0.2, -0.15) is 0 Å². The van der Waals surface area contributed by atoms with Gasteiger partial charge < -0.3 is 9.64 Å². The molecule has 3 heterocycles. The Morgan fingerprint density at radius 1 is 1.00 bits per heavy atom. The minimum Gasteiger partial charge on any atom is -0.467 e. The second kappa shape index (κ2) is 7.13. The molecule has 0 bridgehead atoms. The monoisotopic (exact) mass is 300 g/mol. The molecule has 22 heavy (non-hydrogen) atoms. The van der Waals surface area contributed by atoms with Crippen molar-refractivity contribution in [3.05, 3.63) is 36.4 Å². The number of aromatic nitrogens is 4. The van der Waals surface area contributed by atoms with Crippen molar-refractivity contribution >= 4 is 5.95 Å². The zero-order valence-corrected chi connectivity index (χ0v) is 12.7. The Kier molecular flexibility index (Phi) is 4.75. The Balaban J connectivity index is 1.58. The molecule has 0 amide bonds. The fraction of sp³-hybridized carbons (Fsp3) is 0.467. The molecule has 0 spiro atoms. The van der Waals surface area contributed by atoms with Crippen LogP contribution in [0.25, 0.3) is 0 Å². The number of ether oxygens (including phenoxy) is 1. The van der Waals surface area contributed by atoms with E-state index in [1.807, 2.05) is 18.5 Å². The van der Waals surface area contributed by atoms with Crippen LogP contribution >= 0.6 is 0 Å². The van der Waals surface area contributed by atoms with Crippen LogP contribution in [0.15, 0.2) is 30.9 Å². The third kappa shape index (κ3) is 3.67. The first-order chi connectivity index (χ1) is 10.8. The lowest BCUT2D eigenvalue weighted by atomic mass is 10.3. The molecule has 7 heteroatoms. The summed E-state index contributed by atoms with van der Waals surface area (Å²) < 4.78 is 4.99. The molecule has 0 aliphatic carbocycles. The molecule has 1 aliphatic rings. The van der Waals surface area contributed by atoms with Crippen molar-refractivity contribution in [2.45, 2.75) is 13.0 Å². The number of hydrogen-bond donors (Lipinski definition) is 0. The summed E-state index contributed by atoms with van der Waals surface area (Å²) in [5.74, 6) is 0.817. The van der Waals surface area contributed by atoms with Crippen molar-refractivity contribution in [2.24, 2.45) is 0 Å². The maximum absolute atomic E-state index is 4.99. The minimum absolute atomic E-state index is 0.409. The maximum atomic E-state index is 4.99. The molecule has 0 radical (unpaired) electrons. The first kappa shape index (κ1) is 14.6. The molecule has 116 valence electrons. The van der Waals surface area contributed by atoms with Crippen LogP contribution in [0.4, 0.5) is 5.95 Å². The lowest BCUT2D eigenvalue weighted by Gasteiger charge is -2.21. The summed E-state index contributed by atoms with van der Waals surface area (Å²) in [6.45, 7) is 4.80. The Hall–Kier alpha value is -2.28. The van der Waals surface area contributed by atoms with E-state index in [-0.39, 0.29) is 0 Å². The van der Waals surface area contributed by atoms with Crippen LogP contribution in [0, 0.1) is 0 Å². The van der Waals surface area contributed by atoms with Crippen molar-refractivity contribution in [1.29, 1.82) is 0 Å². The number of anilines is 1. The maximum Gasteiger partial charge on any atom is 0.316 e. The van der Waals surface area contributed by atoms with E-state index >= 15 is 0 Å². The van der Waals surface area contributed by atoms with Gasteiger partial charge in [0.15, 0.2) is 0 Å². The summed E-state index contributed by atoms with van der Waals surface area (Å²) in [5.41, 5.74) is 1.10. The van der Waals surface area contributed by atoms with Crippen LogP contribution in [-0.2, 0) is 6.54 Å². The van der Waals surface area contributed by atoms with Crippen LogP contribution in [0.3, 0.4) is 0 Å². The zero-order chi connectivity index (χ0) is 15.2. The van der Waals surface area contributed by atoms with E-state index in [0.29, 0.717) is 6.01 Å². The predicted octanol–water partition coefficient (Wildman–Crippen LogP) is 0.987.